The molecule has 0 aliphatic carbocycles. The molecule has 1 heterocycles. The molecule has 13 heavy (non-hydrogen) atoms. The lowest BCUT2D eigenvalue weighted by molar-refractivity contribution is -0.136. The van der Waals surface area contributed by atoms with Gasteiger partial charge in [0.05, 0.1) is 6.42 Å². The summed E-state index contributed by atoms with van der Waals surface area (Å²) in [6.45, 7) is 0.133. The number of thiazole rings is 1. The maximum Gasteiger partial charge on any atom is 0.305 e. The van der Waals surface area contributed by atoms with Crippen molar-refractivity contribution in [2.24, 2.45) is 0 Å². The Hall–Kier alpha value is -1.43. The highest BCUT2D eigenvalue weighted by molar-refractivity contribution is 7.11. The van der Waals surface area contributed by atoms with Crippen LogP contribution in [0.2, 0.25) is 0 Å². The topological polar surface area (TPSA) is 79.3 Å². The van der Waals surface area contributed by atoms with Gasteiger partial charge in [0.25, 0.3) is 5.91 Å². The number of nitrogens with zero attached hydrogens (tertiary/aromatic N) is 1. The first-order valence-electron chi connectivity index (χ1n) is 3.59. The molecular formula is C7H8N2O3S. The zero-order valence-corrected chi connectivity index (χ0v) is 7.50. The van der Waals surface area contributed by atoms with Gasteiger partial charge in [-0.2, -0.15) is 0 Å². The highest BCUT2D eigenvalue weighted by Crippen LogP contribution is 2.02. The van der Waals surface area contributed by atoms with Crippen LogP contribution in [0.4, 0.5) is 0 Å². The van der Waals surface area contributed by atoms with Gasteiger partial charge in [-0.15, -0.1) is 11.3 Å². The van der Waals surface area contributed by atoms with Crippen molar-refractivity contribution in [3.63, 3.8) is 0 Å². The predicted octanol–water partition coefficient (Wildman–Crippen LogP) is 0.348. The number of aliphatic carboxylic acids is 1. The minimum Gasteiger partial charge on any atom is -0.481 e. The van der Waals surface area contributed by atoms with Crippen molar-refractivity contribution >= 4 is 23.2 Å². The van der Waals surface area contributed by atoms with Gasteiger partial charge >= 0.3 is 5.97 Å². The maximum absolute atomic E-state index is 11.1. The SMILES string of the molecule is O=C(O)CCNC(=O)c1nccs1. The molecule has 2 N–H and O–H groups in total. The lowest BCUT2D eigenvalue weighted by Gasteiger charge is -1.98. The molecule has 0 saturated heterocycles. The van der Waals surface area contributed by atoms with Crippen LogP contribution in [-0.4, -0.2) is 28.5 Å². The molecule has 6 heteroatoms. The van der Waals surface area contributed by atoms with Gasteiger partial charge in [0.2, 0.25) is 0 Å². The molecule has 0 radical (unpaired) electrons. The molecule has 1 rings (SSSR count). The summed E-state index contributed by atoms with van der Waals surface area (Å²) in [6, 6.07) is 0. The van der Waals surface area contributed by atoms with Crippen molar-refractivity contribution < 1.29 is 14.7 Å². The molecule has 0 atom stereocenters. The van der Waals surface area contributed by atoms with E-state index in [1.165, 1.54) is 17.5 Å². The van der Waals surface area contributed by atoms with Crippen LogP contribution < -0.4 is 5.32 Å². The summed E-state index contributed by atoms with van der Waals surface area (Å²) in [4.78, 5) is 25.0. The number of carboxylic acid groups (broad SMARTS) is 1. The van der Waals surface area contributed by atoms with E-state index in [2.05, 4.69) is 10.3 Å². The number of carboxylic acids is 1. The number of nitrogens with one attached hydrogen (secondary N) is 1. The van der Waals surface area contributed by atoms with E-state index in [-0.39, 0.29) is 18.9 Å². The highest BCUT2D eigenvalue weighted by Gasteiger charge is 2.07. The second kappa shape index (κ2) is 4.56. The molecule has 0 spiro atoms. The van der Waals surface area contributed by atoms with Crippen molar-refractivity contribution in [1.82, 2.24) is 10.3 Å². The van der Waals surface area contributed by atoms with E-state index in [1.807, 2.05) is 0 Å². The second-order valence-corrected chi connectivity index (χ2v) is 3.13. The molecule has 0 fully saturated rings. The van der Waals surface area contributed by atoms with E-state index in [0.29, 0.717) is 5.01 Å². The normalized spacial score (nSPS) is 9.54. The molecule has 70 valence electrons. The number of carbonyl (C=O) groups is 2. The predicted molar refractivity (Wildman–Crippen MR) is 46.7 cm³/mol. The van der Waals surface area contributed by atoms with E-state index in [1.54, 1.807) is 5.38 Å². The average Bonchev–Trinajstić information content (AvgIpc) is 2.55. The number of rotatable bonds is 4. The monoisotopic (exact) mass is 200 g/mol. The van der Waals surface area contributed by atoms with E-state index in [0.717, 1.165) is 0 Å². The fourth-order valence-electron chi connectivity index (χ4n) is 0.694. The zero-order valence-electron chi connectivity index (χ0n) is 6.69. The lowest BCUT2D eigenvalue weighted by Crippen LogP contribution is -2.25. The molecule has 5 nitrogen and oxygen atoms in total. The summed E-state index contributed by atoms with van der Waals surface area (Å²) in [5.41, 5.74) is 0. The van der Waals surface area contributed by atoms with Crippen molar-refractivity contribution in [3.8, 4) is 0 Å². The Morgan fingerprint density at radius 3 is 2.92 bits per heavy atom. The number of hydrogen-bond acceptors (Lipinski definition) is 4. The second-order valence-electron chi connectivity index (χ2n) is 2.24. The van der Waals surface area contributed by atoms with Crippen molar-refractivity contribution in [1.29, 1.82) is 0 Å². The maximum atomic E-state index is 11.1. The Kier molecular flexibility index (Phi) is 3.39. The Bertz CT molecular complexity index is 297. The fourth-order valence-corrected chi connectivity index (χ4v) is 1.25. The quantitative estimate of drug-likeness (QED) is 0.734. The van der Waals surface area contributed by atoms with Gasteiger partial charge in [0.15, 0.2) is 5.01 Å². The van der Waals surface area contributed by atoms with Crippen LogP contribution in [0.25, 0.3) is 0 Å². The third-order valence-electron chi connectivity index (χ3n) is 1.25. The van der Waals surface area contributed by atoms with E-state index in [9.17, 15) is 9.59 Å². The summed E-state index contributed by atoms with van der Waals surface area (Å²) in [5.74, 6) is -1.25. The number of amides is 1. The van der Waals surface area contributed by atoms with Gasteiger partial charge in [-0.1, -0.05) is 0 Å². The first-order chi connectivity index (χ1) is 6.20. The number of carbonyl (C=O) groups excluding carboxylic acids is 1. The Morgan fingerprint density at radius 1 is 1.62 bits per heavy atom. The molecule has 0 aliphatic rings. The first kappa shape index (κ1) is 9.66. The largest absolute Gasteiger partial charge is 0.481 e. The third kappa shape index (κ3) is 3.20. The Morgan fingerprint density at radius 2 is 2.38 bits per heavy atom. The lowest BCUT2D eigenvalue weighted by atomic mass is 10.4. The third-order valence-corrected chi connectivity index (χ3v) is 2.02. The highest BCUT2D eigenvalue weighted by atomic mass is 32.1. The Balaban J connectivity index is 2.31. The molecule has 0 aliphatic heterocycles. The minimum absolute atomic E-state index is 0.0723. The molecule has 0 aromatic carbocycles. The molecule has 1 amide bonds. The molecule has 0 bridgehead atoms. The standard InChI is InChI=1S/C7H8N2O3S/c10-5(11)1-2-8-6(12)7-9-3-4-13-7/h3-4H,1-2H2,(H,8,12)(H,10,11). The van der Waals surface area contributed by atoms with Crippen LogP contribution in [-0.2, 0) is 4.79 Å². The van der Waals surface area contributed by atoms with Gasteiger partial charge in [-0.25, -0.2) is 4.98 Å². The van der Waals surface area contributed by atoms with Gasteiger partial charge in [-0.05, 0) is 0 Å². The first-order valence-corrected chi connectivity index (χ1v) is 4.47. The molecule has 0 saturated carbocycles. The summed E-state index contributed by atoms with van der Waals surface area (Å²) in [6.07, 6.45) is 1.45. The van der Waals surface area contributed by atoms with Crippen LogP contribution in [0.3, 0.4) is 0 Å². The molecule has 1 aromatic heterocycles. The number of hydrogen-bond donors (Lipinski definition) is 2. The van der Waals surface area contributed by atoms with E-state index >= 15 is 0 Å². The molecule has 1 aromatic rings. The average molecular weight is 200 g/mol. The number of aromatic nitrogens is 1. The van der Waals surface area contributed by atoms with Crippen molar-refractivity contribution in [3.05, 3.63) is 16.6 Å². The minimum atomic E-state index is -0.931. The van der Waals surface area contributed by atoms with Crippen molar-refractivity contribution in [2.45, 2.75) is 6.42 Å². The fraction of sp³-hybridized carbons (Fsp3) is 0.286. The smallest absolute Gasteiger partial charge is 0.305 e. The van der Waals surface area contributed by atoms with Gasteiger partial charge < -0.3 is 10.4 Å². The molecule has 0 unspecified atom stereocenters. The van der Waals surface area contributed by atoms with Crippen LogP contribution >= 0.6 is 11.3 Å². The summed E-state index contributed by atoms with van der Waals surface area (Å²) in [5, 5.41) is 12.8. The zero-order chi connectivity index (χ0) is 9.68. The van der Waals surface area contributed by atoms with Crippen LogP contribution in [0.5, 0.6) is 0 Å². The summed E-state index contributed by atoms with van der Waals surface area (Å²) in [7, 11) is 0. The Labute approximate surface area is 78.4 Å². The van der Waals surface area contributed by atoms with Crippen molar-refractivity contribution in [2.75, 3.05) is 6.54 Å². The van der Waals surface area contributed by atoms with E-state index in [4.69, 9.17) is 5.11 Å². The van der Waals surface area contributed by atoms with Gasteiger partial charge in [0.1, 0.15) is 0 Å². The summed E-state index contributed by atoms with van der Waals surface area (Å²) < 4.78 is 0. The van der Waals surface area contributed by atoms with Crippen LogP contribution in [0, 0.1) is 0 Å². The summed E-state index contributed by atoms with van der Waals surface area (Å²) >= 11 is 1.22. The van der Waals surface area contributed by atoms with Crippen LogP contribution in [0.15, 0.2) is 11.6 Å². The van der Waals surface area contributed by atoms with Gasteiger partial charge in [0, 0.05) is 18.1 Å². The van der Waals surface area contributed by atoms with Gasteiger partial charge in [-0.3, -0.25) is 9.59 Å². The van der Waals surface area contributed by atoms with Crippen LogP contribution in [0.1, 0.15) is 16.2 Å². The molecular weight excluding hydrogens is 192 g/mol. The van der Waals surface area contributed by atoms with E-state index < -0.39 is 5.97 Å².